The number of benzene rings is 1. The van der Waals surface area contributed by atoms with Crippen molar-refractivity contribution in [2.75, 3.05) is 26.9 Å². The van der Waals surface area contributed by atoms with Crippen molar-refractivity contribution in [2.45, 2.75) is 48.5 Å². The zero-order valence-electron chi connectivity index (χ0n) is 15.6. The molecule has 0 aliphatic carbocycles. The third-order valence-corrected chi connectivity index (χ3v) is 6.92. The number of nitrogens with zero attached hydrogens (tertiary/aromatic N) is 1. The number of fused-ring (bicyclic) bond motifs is 1. The Morgan fingerprint density at radius 1 is 1.29 bits per heavy atom. The highest BCUT2D eigenvalue weighted by molar-refractivity contribution is 7.89. The number of aliphatic hydroxyl groups is 1. The molecule has 4 atom stereocenters. The summed E-state index contributed by atoms with van der Waals surface area (Å²) >= 11 is 0. The SMILES string of the molecule is COc1ccccc1S(=O)(=O)N1C[C@@H](O)COC[C@@H]2O[C@@H](CC(=O)O)CC[C@H]21. The van der Waals surface area contributed by atoms with Gasteiger partial charge in [-0.1, -0.05) is 12.1 Å². The average molecular weight is 415 g/mol. The average Bonchev–Trinajstić information content (AvgIpc) is 2.64. The van der Waals surface area contributed by atoms with Crippen molar-refractivity contribution in [3.63, 3.8) is 0 Å². The summed E-state index contributed by atoms with van der Waals surface area (Å²) in [5, 5.41) is 19.2. The summed E-state index contributed by atoms with van der Waals surface area (Å²) in [4.78, 5) is 11.0. The van der Waals surface area contributed by atoms with Crippen molar-refractivity contribution >= 4 is 16.0 Å². The number of rotatable bonds is 5. The molecule has 2 fully saturated rings. The van der Waals surface area contributed by atoms with Gasteiger partial charge in [0, 0.05) is 6.54 Å². The van der Waals surface area contributed by atoms with E-state index in [1.54, 1.807) is 18.2 Å². The number of sulfonamides is 1. The van der Waals surface area contributed by atoms with Crippen LogP contribution in [0, 0.1) is 0 Å². The normalized spacial score (nSPS) is 29.4. The van der Waals surface area contributed by atoms with E-state index in [1.165, 1.54) is 17.5 Å². The molecule has 9 nitrogen and oxygen atoms in total. The fourth-order valence-electron chi connectivity index (χ4n) is 3.72. The first-order valence-electron chi connectivity index (χ1n) is 9.11. The van der Waals surface area contributed by atoms with Gasteiger partial charge in [-0.15, -0.1) is 0 Å². The third kappa shape index (κ3) is 4.47. The summed E-state index contributed by atoms with van der Waals surface area (Å²) in [5.41, 5.74) is 0. The van der Waals surface area contributed by atoms with Crippen molar-refractivity contribution in [2.24, 2.45) is 0 Å². The number of β-amino-alcohol motifs (C(OH)–C–C–N with tert-alkyl or cyclic N) is 1. The molecule has 2 heterocycles. The Morgan fingerprint density at radius 2 is 2.04 bits per heavy atom. The van der Waals surface area contributed by atoms with Crippen LogP contribution < -0.4 is 4.74 Å². The lowest BCUT2D eigenvalue weighted by molar-refractivity contribution is -0.155. The van der Waals surface area contributed by atoms with Gasteiger partial charge in [0.05, 0.1) is 51.1 Å². The lowest BCUT2D eigenvalue weighted by Gasteiger charge is -2.43. The molecule has 0 radical (unpaired) electrons. The van der Waals surface area contributed by atoms with Gasteiger partial charge >= 0.3 is 5.97 Å². The predicted octanol–water partition coefficient (Wildman–Crippen LogP) is 0.468. The maximum absolute atomic E-state index is 13.4. The van der Waals surface area contributed by atoms with Gasteiger partial charge in [0.1, 0.15) is 10.6 Å². The quantitative estimate of drug-likeness (QED) is 0.712. The number of hydrogen-bond acceptors (Lipinski definition) is 7. The van der Waals surface area contributed by atoms with Crippen molar-refractivity contribution in [3.05, 3.63) is 24.3 Å². The van der Waals surface area contributed by atoms with E-state index < -0.39 is 40.3 Å². The van der Waals surface area contributed by atoms with Gasteiger partial charge in [0.2, 0.25) is 10.0 Å². The molecule has 3 rings (SSSR count). The van der Waals surface area contributed by atoms with E-state index in [-0.39, 0.29) is 36.8 Å². The first kappa shape index (κ1) is 21.0. The Bertz CT molecular complexity index is 799. The Kier molecular flexibility index (Phi) is 6.56. The molecule has 2 N–H and O–H groups in total. The highest BCUT2D eigenvalue weighted by atomic mass is 32.2. The van der Waals surface area contributed by atoms with Gasteiger partial charge in [-0.2, -0.15) is 4.31 Å². The third-order valence-electron chi connectivity index (χ3n) is 4.99. The molecule has 2 aliphatic rings. The largest absolute Gasteiger partial charge is 0.495 e. The van der Waals surface area contributed by atoms with Crippen LogP contribution in [0.3, 0.4) is 0 Å². The van der Waals surface area contributed by atoms with E-state index in [2.05, 4.69) is 0 Å². The standard InChI is InChI=1S/C18H25NO8S/c1-25-15-4-2-3-5-17(15)28(23,24)19-9-12(20)10-26-11-16-14(19)7-6-13(27-16)8-18(21)22/h2-5,12-14,16,20H,6-11H2,1H3,(H,21,22)/t12-,13-,14-,16+/m1/s1. The summed E-state index contributed by atoms with van der Waals surface area (Å²) in [6.07, 6.45) is -1.43. The molecule has 0 amide bonds. The van der Waals surface area contributed by atoms with Crippen LogP contribution in [0.4, 0.5) is 0 Å². The minimum absolute atomic E-state index is 0.0117. The molecular formula is C18H25NO8S. The molecule has 0 unspecified atom stereocenters. The molecule has 0 bridgehead atoms. The number of carboxylic acid groups (broad SMARTS) is 1. The summed E-state index contributed by atoms with van der Waals surface area (Å²) in [7, 11) is -2.60. The minimum Gasteiger partial charge on any atom is -0.495 e. The number of ether oxygens (including phenoxy) is 3. The number of aliphatic hydroxyl groups excluding tert-OH is 1. The van der Waals surface area contributed by atoms with Crippen molar-refractivity contribution < 1.29 is 37.6 Å². The highest BCUT2D eigenvalue weighted by Gasteiger charge is 2.43. The topological polar surface area (TPSA) is 123 Å². The van der Waals surface area contributed by atoms with Gasteiger partial charge in [-0.25, -0.2) is 8.42 Å². The number of aliphatic carboxylic acids is 1. The van der Waals surface area contributed by atoms with E-state index in [4.69, 9.17) is 19.3 Å². The minimum atomic E-state index is -3.99. The number of carbonyl (C=O) groups is 1. The Morgan fingerprint density at radius 3 is 2.75 bits per heavy atom. The molecule has 1 aromatic carbocycles. The zero-order chi connectivity index (χ0) is 20.3. The molecule has 156 valence electrons. The van der Waals surface area contributed by atoms with Crippen molar-refractivity contribution in [1.82, 2.24) is 4.31 Å². The molecule has 28 heavy (non-hydrogen) atoms. The first-order valence-corrected chi connectivity index (χ1v) is 10.5. The summed E-state index contributed by atoms with van der Waals surface area (Å²) < 4.78 is 44.7. The molecular weight excluding hydrogens is 390 g/mol. The van der Waals surface area contributed by atoms with Crippen LogP contribution in [0.5, 0.6) is 5.75 Å². The molecule has 10 heteroatoms. The van der Waals surface area contributed by atoms with Crippen LogP contribution in [0.25, 0.3) is 0 Å². The molecule has 0 aromatic heterocycles. The molecule has 2 aliphatic heterocycles. The second-order valence-corrected chi connectivity index (χ2v) is 8.81. The van der Waals surface area contributed by atoms with E-state index >= 15 is 0 Å². The van der Waals surface area contributed by atoms with Gasteiger partial charge in [-0.05, 0) is 25.0 Å². The van der Waals surface area contributed by atoms with Crippen molar-refractivity contribution in [1.29, 1.82) is 0 Å². The second-order valence-electron chi connectivity index (χ2n) is 6.96. The monoisotopic (exact) mass is 415 g/mol. The lowest BCUT2D eigenvalue weighted by atomic mass is 9.96. The number of carboxylic acids is 1. The zero-order valence-corrected chi connectivity index (χ0v) is 16.4. The fraction of sp³-hybridized carbons (Fsp3) is 0.611. The predicted molar refractivity (Wildman–Crippen MR) is 97.6 cm³/mol. The van der Waals surface area contributed by atoms with Crippen LogP contribution in [0.2, 0.25) is 0 Å². The number of para-hydroxylation sites is 1. The second kappa shape index (κ2) is 8.75. The fourth-order valence-corrected chi connectivity index (χ4v) is 5.60. The molecule has 0 saturated carbocycles. The van der Waals surface area contributed by atoms with E-state index in [0.29, 0.717) is 12.8 Å². The van der Waals surface area contributed by atoms with Crippen LogP contribution in [0.1, 0.15) is 19.3 Å². The lowest BCUT2D eigenvalue weighted by Crippen LogP contribution is -2.57. The van der Waals surface area contributed by atoms with Crippen molar-refractivity contribution in [3.8, 4) is 5.75 Å². The van der Waals surface area contributed by atoms with Crippen LogP contribution in [-0.4, -0.2) is 80.1 Å². The highest BCUT2D eigenvalue weighted by Crippen LogP contribution is 2.34. The first-order chi connectivity index (χ1) is 13.3. The van der Waals surface area contributed by atoms with Gasteiger partial charge in [-0.3, -0.25) is 4.79 Å². The summed E-state index contributed by atoms with van der Waals surface area (Å²) in [6, 6.07) is 5.74. The summed E-state index contributed by atoms with van der Waals surface area (Å²) in [6.45, 7) is -0.0988. The van der Waals surface area contributed by atoms with E-state index in [9.17, 15) is 18.3 Å². The summed E-state index contributed by atoms with van der Waals surface area (Å²) in [5.74, 6) is -0.753. The molecule has 1 aromatic rings. The van der Waals surface area contributed by atoms with Crippen LogP contribution in [0.15, 0.2) is 29.2 Å². The smallest absolute Gasteiger partial charge is 0.305 e. The van der Waals surface area contributed by atoms with Gasteiger partial charge in [0.25, 0.3) is 0 Å². The van der Waals surface area contributed by atoms with Gasteiger partial charge < -0.3 is 24.4 Å². The van der Waals surface area contributed by atoms with Gasteiger partial charge in [0.15, 0.2) is 0 Å². The number of methoxy groups -OCH3 is 1. The van der Waals surface area contributed by atoms with E-state index in [0.717, 1.165) is 0 Å². The Hall–Kier alpha value is -1.72. The van der Waals surface area contributed by atoms with Crippen LogP contribution in [-0.2, 0) is 24.3 Å². The molecule has 0 spiro atoms. The number of hydrogen-bond donors (Lipinski definition) is 2. The molecule has 2 saturated heterocycles. The Balaban J connectivity index is 1.93. The van der Waals surface area contributed by atoms with Crippen LogP contribution >= 0.6 is 0 Å². The maximum Gasteiger partial charge on any atom is 0.305 e. The van der Waals surface area contributed by atoms with E-state index in [1.807, 2.05) is 0 Å². The Labute approximate surface area is 163 Å². The maximum atomic E-state index is 13.4.